The number of nitrogens with zero attached hydrogens (tertiary/aromatic N) is 2. The molecule has 1 aliphatic rings. The molecule has 1 aromatic rings. The fourth-order valence-corrected chi connectivity index (χ4v) is 3.72. The quantitative estimate of drug-likeness (QED) is 0.658. The van der Waals surface area contributed by atoms with Crippen LogP contribution in [-0.2, 0) is 9.59 Å². The standard InChI is InChI=1S/C19H26FN3O2S/c1-3-5-11-21-19-23(12-6-4-2)18(25)16(26-19)13-17(24)22-15-9-7-14(20)8-10-15/h7-10,16H,3-6,11-13H2,1-2H3,(H,22,24). The molecule has 1 heterocycles. The number of halogens is 1. The first-order chi connectivity index (χ1) is 12.5. The van der Waals surface area contributed by atoms with E-state index in [4.69, 9.17) is 0 Å². The van der Waals surface area contributed by atoms with Gasteiger partial charge in [0, 0.05) is 25.2 Å². The zero-order valence-electron chi connectivity index (χ0n) is 15.3. The molecule has 0 aliphatic carbocycles. The number of anilines is 1. The highest BCUT2D eigenvalue weighted by molar-refractivity contribution is 8.15. The number of hydrogen-bond acceptors (Lipinski definition) is 4. The Hall–Kier alpha value is -1.89. The minimum absolute atomic E-state index is 0.0482. The van der Waals surface area contributed by atoms with Crippen LogP contribution in [0.4, 0.5) is 10.1 Å². The van der Waals surface area contributed by atoms with Crippen molar-refractivity contribution >= 4 is 34.4 Å². The number of hydrogen-bond donors (Lipinski definition) is 1. The van der Waals surface area contributed by atoms with Crippen LogP contribution < -0.4 is 5.32 Å². The average Bonchev–Trinajstić information content (AvgIpc) is 2.90. The number of rotatable bonds is 9. The van der Waals surface area contributed by atoms with Crippen LogP contribution in [-0.4, -0.2) is 40.2 Å². The van der Waals surface area contributed by atoms with Gasteiger partial charge in [-0.25, -0.2) is 4.39 Å². The molecule has 1 aromatic carbocycles. The van der Waals surface area contributed by atoms with E-state index < -0.39 is 5.25 Å². The van der Waals surface area contributed by atoms with Crippen LogP contribution in [0.2, 0.25) is 0 Å². The van der Waals surface area contributed by atoms with E-state index in [-0.39, 0.29) is 24.1 Å². The van der Waals surface area contributed by atoms with E-state index in [0.717, 1.165) is 30.9 Å². The number of benzene rings is 1. The first-order valence-electron chi connectivity index (χ1n) is 9.13. The molecule has 0 saturated carbocycles. The van der Waals surface area contributed by atoms with Crippen LogP contribution in [0.1, 0.15) is 46.0 Å². The summed E-state index contributed by atoms with van der Waals surface area (Å²) in [5, 5.41) is 2.99. The summed E-state index contributed by atoms with van der Waals surface area (Å²) in [6, 6.07) is 5.58. The number of thioether (sulfide) groups is 1. The molecular formula is C19H26FN3O2S. The predicted octanol–water partition coefficient (Wildman–Crippen LogP) is 4.05. The van der Waals surface area contributed by atoms with Gasteiger partial charge in [0.15, 0.2) is 5.17 Å². The average molecular weight is 380 g/mol. The molecule has 0 bridgehead atoms. The lowest BCUT2D eigenvalue weighted by molar-refractivity contribution is -0.128. The summed E-state index contributed by atoms with van der Waals surface area (Å²) < 4.78 is 12.9. The summed E-state index contributed by atoms with van der Waals surface area (Å²) >= 11 is 1.37. The second-order valence-corrected chi connectivity index (χ2v) is 7.40. The van der Waals surface area contributed by atoms with Gasteiger partial charge < -0.3 is 5.32 Å². The highest BCUT2D eigenvalue weighted by Gasteiger charge is 2.38. The first-order valence-corrected chi connectivity index (χ1v) is 10.0. The van der Waals surface area contributed by atoms with Crippen molar-refractivity contribution in [2.45, 2.75) is 51.2 Å². The maximum absolute atomic E-state index is 12.9. The van der Waals surface area contributed by atoms with Gasteiger partial charge >= 0.3 is 0 Å². The van der Waals surface area contributed by atoms with Gasteiger partial charge in [-0.2, -0.15) is 0 Å². The van der Waals surface area contributed by atoms with E-state index in [1.807, 2.05) is 0 Å². The Morgan fingerprint density at radius 1 is 1.23 bits per heavy atom. The van der Waals surface area contributed by atoms with Gasteiger partial charge in [-0.05, 0) is 37.1 Å². The van der Waals surface area contributed by atoms with Crippen molar-refractivity contribution in [3.63, 3.8) is 0 Å². The van der Waals surface area contributed by atoms with Crippen LogP contribution in [0, 0.1) is 5.82 Å². The third kappa shape index (κ3) is 5.83. The molecule has 0 radical (unpaired) electrons. The Morgan fingerprint density at radius 3 is 2.58 bits per heavy atom. The van der Waals surface area contributed by atoms with Crippen LogP contribution in [0.5, 0.6) is 0 Å². The van der Waals surface area contributed by atoms with Crippen molar-refractivity contribution < 1.29 is 14.0 Å². The van der Waals surface area contributed by atoms with Gasteiger partial charge in [-0.3, -0.25) is 19.5 Å². The zero-order chi connectivity index (χ0) is 18.9. The van der Waals surface area contributed by atoms with Crippen LogP contribution in [0.3, 0.4) is 0 Å². The van der Waals surface area contributed by atoms with Crippen LogP contribution in [0.15, 0.2) is 29.3 Å². The zero-order valence-corrected chi connectivity index (χ0v) is 16.2. The van der Waals surface area contributed by atoms with Crippen LogP contribution in [0.25, 0.3) is 0 Å². The lowest BCUT2D eigenvalue weighted by atomic mass is 10.2. The molecule has 2 amide bonds. The molecule has 1 atom stereocenters. The molecular weight excluding hydrogens is 353 g/mol. The molecule has 142 valence electrons. The highest BCUT2D eigenvalue weighted by Crippen LogP contribution is 2.30. The van der Waals surface area contributed by atoms with Gasteiger partial charge in [0.05, 0.1) is 0 Å². The molecule has 5 nitrogen and oxygen atoms in total. The monoisotopic (exact) mass is 379 g/mol. The number of carbonyl (C=O) groups excluding carboxylic acids is 2. The fraction of sp³-hybridized carbons (Fsp3) is 0.526. The smallest absolute Gasteiger partial charge is 0.242 e. The second kappa shape index (κ2) is 10.3. The molecule has 7 heteroatoms. The Labute approximate surface area is 158 Å². The first kappa shape index (κ1) is 20.4. The van der Waals surface area contributed by atoms with Gasteiger partial charge in [-0.1, -0.05) is 38.5 Å². The fourth-order valence-electron chi connectivity index (χ4n) is 2.53. The second-order valence-electron chi connectivity index (χ2n) is 6.23. The number of aliphatic imine (C=N–C) groups is 1. The maximum Gasteiger partial charge on any atom is 0.242 e. The number of carbonyl (C=O) groups is 2. The van der Waals surface area contributed by atoms with E-state index in [9.17, 15) is 14.0 Å². The van der Waals surface area contributed by atoms with Gasteiger partial charge in [0.25, 0.3) is 0 Å². The molecule has 1 saturated heterocycles. The lowest BCUT2D eigenvalue weighted by Crippen LogP contribution is -2.34. The predicted molar refractivity (Wildman–Crippen MR) is 105 cm³/mol. The Morgan fingerprint density at radius 2 is 1.92 bits per heavy atom. The maximum atomic E-state index is 12.9. The van der Waals surface area contributed by atoms with Gasteiger partial charge in [0.1, 0.15) is 11.1 Å². The Balaban J connectivity index is 1.98. The molecule has 1 N–H and O–H groups in total. The van der Waals surface area contributed by atoms with Crippen molar-refractivity contribution in [3.05, 3.63) is 30.1 Å². The molecule has 1 aliphatic heterocycles. The van der Waals surface area contributed by atoms with E-state index in [2.05, 4.69) is 24.2 Å². The SMILES string of the molecule is CCCCN=C1SC(CC(=O)Nc2ccc(F)cc2)C(=O)N1CCCC. The molecule has 1 unspecified atom stereocenters. The Bertz CT molecular complexity index is 649. The molecule has 26 heavy (non-hydrogen) atoms. The number of unbranched alkanes of at least 4 members (excludes halogenated alkanes) is 2. The summed E-state index contributed by atoms with van der Waals surface area (Å²) in [4.78, 5) is 31.2. The normalized spacial score (nSPS) is 18.6. The van der Waals surface area contributed by atoms with Crippen molar-refractivity contribution in [2.24, 2.45) is 4.99 Å². The van der Waals surface area contributed by atoms with Crippen LogP contribution >= 0.6 is 11.8 Å². The van der Waals surface area contributed by atoms with Crippen molar-refractivity contribution in [3.8, 4) is 0 Å². The number of amides is 2. The summed E-state index contributed by atoms with van der Waals surface area (Å²) in [6.45, 7) is 5.52. The van der Waals surface area contributed by atoms with Crippen molar-refractivity contribution in [1.29, 1.82) is 0 Å². The molecule has 0 aromatic heterocycles. The summed E-state index contributed by atoms with van der Waals surface area (Å²) in [5.74, 6) is -0.662. The number of nitrogens with one attached hydrogen (secondary N) is 1. The highest BCUT2D eigenvalue weighted by atomic mass is 32.2. The minimum Gasteiger partial charge on any atom is -0.326 e. The van der Waals surface area contributed by atoms with E-state index >= 15 is 0 Å². The summed E-state index contributed by atoms with van der Waals surface area (Å²) in [5.41, 5.74) is 0.520. The van der Waals surface area contributed by atoms with E-state index in [1.165, 1.54) is 36.0 Å². The minimum atomic E-state index is -0.451. The summed E-state index contributed by atoms with van der Waals surface area (Å²) in [7, 11) is 0. The van der Waals surface area contributed by atoms with E-state index in [1.54, 1.807) is 4.90 Å². The molecule has 2 rings (SSSR count). The largest absolute Gasteiger partial charge is 0.326 e. The lowest BCUT2D eigenvalue weighted by Gasteiger charge is -2.15. The van der Waals surface area contributed by atoms with Crippen molar-refractivity contribution in [2.75, 3.05) is 18.4 Å². The topological polar surface area (TPSA) is 61.8 Å². The third-order valence-corrected chi connectivity index (χ3v) is 5.23. The Kier molecular flexibility index (Phi) is 8.09. The van der Waals surface area contributed by atoms with Gasteiger partial charge in [0.2, 0.25) is 11.8 Å². The van der Waals surface area contributed by atoms with Crippen molar-refractivity contribution in [1.82, 2.24) is 4.90 Å². The van der Waals surface area contributed by atoms with E-state index in [0.29, 0.717) is 18.8 Å². The molecule has 1 fully saturated rings. The molecule has 0 spiro atoms. The number of amidine groups is 1. The van der Waals surface area contributed by atoms with Gasteiger partial charge in [-0.15, -0.1) is 0 Å². The third-order valence-electron chi connectivity index (χ3n) is 4.01. The summed E-state index contributed by atoms with van der Waals surface area (Å²) in [6.07, 6.45) is 4.01.